The van der Waals surface area contributed by atoms with Crippen molar-refractivity contribution in [3.05, 3.63) is 0 Å². The Bertz CT molecular complexity index is 154. The molecule has 2 N–H and O–H groups in total. The van der Waals surface area contributed by atoms with Crippen molar-refractivity contribution in [3.63, 3.8) is 0 Å². The molecular formula is C5H7NO3. The summed E-state index contributed by atoms with van der Waals surface area (Å²) < 4.78 is 0. The van der Waals surface area contributed by atoms with Crippen molar-refractivity contribution >= 4 is 11.7 Å². The summed E-state index contributed by atoms with van der Waals surface area (Å²) in [5, 5.41) is 11.1. The third kappa shape index (κ3) is 1.08. The number of Topliss-reactive ketones (excluding diaryl/α,β-unsaturated/α-hetero) is 1. The fraction of sp³-hybridized carbons (Fsp3) is 0.600. The minimum Gasteiger partial charge on any atom is -0.385 e. The number of amides is 1. The highest BCUT2D eigenvalue weighted by molar-refractivity contribution is 6.38. The third-order valence-electron chi connectivity index (χ3n) is 1.23. The number of nitrogens with one attached hydrogen (secondary N) is 1. The van der Waals surface area contributed by atoms with E-state index in [4.69, 9.17) is 5.11 Å². The molecule has 1 rings (SSSR count). The standard InChI is InChI=1S/C5H7NO3/c7-3-1-2-6-5(9)4(3)8/h3,7H,1-2H2,(H,6,9). The van der Waals surface area contributed by atoms with Gasteiger partial charge in [0.15, 0.2) is 0 Å². The smallest absolute Gasteiger partial charge is 0.290 e. The molecule has 1 aliphatic rings. The van der Waals surface area contributed by atoms with Gasteiger partial charge in [-0.15, -0.1) is 0 Å². The van der Waals surface area contributed by atoms with Gasteiger partial charge in [-0.3, -0.25) is 9.59 Å². The van der Waals surface area contributed by atoms with Gasteiger partial charge in [0.05, 0.1) is 0 Å². The van der Waals surface area contributed by atoms with Gasteiger partial charge in [0, 0.05) is 6.54 Å². The molecule has 0 aromatic rings. The predicted octanol–water partition coefficient (Wildman–Crippen LogP) is -1.56. The molecular weight excluding hydrogens is 122 g/mol. The molecule has 1 amide bonds. The second-order valence-electron chi connectivity index (χ2n) is 1.92. The van der Waals surface area contributed by atoms with Gasteiger partial charge in [-0.1, -0.05) is 0 Å². The molecule has 1 fully saturated rings. The molecule has 4 heteroatoms. The van der Waals surface area contributed by atoms with E-state index in [1.165, 1.54) is 0 Å². The van der Waals surface area contributed by atoms with E-state index in [0.717, 1.165) is 0 Å². The number of aliphatic hydroxyl groups excluding tert-OH is 1. The molecule has 0 spiro atoms. The van der Waals surface area contributed by atoms with Gasteiger partial charge in [0.1, 0.15) is 6.10 Å². The molecule has 0 saturated carbocycles. The Kier molecular flexibility index (Phi) is 1.48. The molecule has 1 heterocycles. The number of ketones is 1. The van der Waals surface area contributed by atoms with Crippen molar-refractivity contribution in [2.24, 2.45) is 0 Å². The lowest BCUT2D eigenvalue weighted by molar-refractivity contribution is -0.145. The number of piperidine rings is 1. The maximum Gasteiger partial charge on any atom is 0.290 e. The zero-order chi connectivity index (χ0) is 6.85. The SMILES string of the molecule is O=C1NCCC(O)C1=O. The van der Waals surface area contributed by atoms with Gasteiger partial charge in [-0.25, -0.2) is 0 Å². The maximum atomic E-state index is 10.5. The number of hydrogen-bond donors (Lipinski definition) is 2. The van der Waals surface area contributed by atoms with E-state index in [1.807, 2.05) is 0 Å². The van der Waals surface area contributed by atoms with Crippen LogP contribution >= 0.6 is 0 Å². The predicted molar refractivity (Wildman–Crippen MR) is 28.6 cm³/mol. The molecule has 1 saturated heterocycles. The summed E-state index contributed by atoms with van der Waals surface area (Å²) in [6.07, 6.45) is -0.733. The second-order valence-corrected chi connectivity index (χ2v) is 1.92. The van der Waals surface area contributed by atoms with Crippen LogP contribution in [0.1, 0.15) is 6.42 Å². The van der Waals surface area contributed by atoms with Gasteiger partial charge in [-0.2, -0.15) is 0 Å². The summed E-state index contributed by atoms with van der Waals surface area (Å²) in [4.78, 5) is 20.8. The lowest BCUT2D eigenvalue weighted by Gasteiger charge is -2.14. The van der Waals surface area contributed by atoms with E-state index in [-0.39, 0.29) is 0 Å². The van der Waals surface area contributed by atoms with Crippen molar-refractivity contribution in [3.8, 4) is 0 Å². The highest BCUT2D eigenvalue weighted by atomic mass is 16.3. The van der Waals surface area contributed by atoms with E-state index < -0.39 is 17.8 Å². The first kappa shape index (κ1) is 6.22. The van der Waals surface area contributed by atoms with E-state index in [0.29, 0.717) is 13.0 Å². The van der Waals surface area contributed by atoms with E-state index >= 15 is 0 Å². The molecule has 1 aliphatic heterocycles. The van der Waals surface area contributed by atoms with Crippen LogP contribution in [0.4, 0.5) is 0 Å². The van der Waals surface area contributed by atoms with Gasteiger partial charge in [0.2, 0.25) is 5.78 Å². The van der Waals surface area contributed by atoms with Gasteiger partial charge < -0.3 is 10.4 Å². The van der Waals surface area contributed by atoms with Crippen molar-refractivity contribution in [1.29, 1.82) is 0 Å². The molecule has 1 unspecified atom stereocenters. The zero-order valence-corrected chi connectivity index (χ0v) is 4.76. The number of aliphatic hydroxyl groups is 1. The van der Waals surface area contributed by atoms with Crippen LogP contribution in [0.25, 0.3) is 0 Å². The molecule has 0 aromatic heterocycles. The Morgan fingerprint density at radius 3 is 2.67 bits per heavy atom. The largest absolute Gasteiger partial charge is 0.385 e. The maximum absolute atomic E-state index is 10.5. The van der Waals surface area contributed by atoms with Crippen LogP contribution in [-0.4, -0.2) is 29.4 Å². The van der Waals surface area contributed by atoms with Gasteiger partial charge in [-0.05, 0) is 6.42 Å². The Morgan fingerprint density at radius 2 is 2.22 bits per heavy atom. The number of rotatable bonds is 0. The summed E-state index contributed by atoms with van der Waals surface area (Å²) in [6.45, 7) is 0.395. The second kappa shape index (κ2) is 2.14. The fourth-order valence-corrected chi connectivity index (χ4v) is 0.692. The van der Waals surface area contributed by atoms with Crippen molar-refractivity contribution in [2.45, 2.75) is 12.5 Å². The van der Waals surface area contributed by atoms with Crippen molar-refractivity contribution in [2.75, 3.05) is 6.54 Å². The Morgan fingerprint density at radius 1 is 1.56 bits per heavy atom. The minimum absolute atomic E-state index is 0.338. The first-order valence-corrected chi connectivity index (χ1v) is 2.72. The Balaban J connectivity index is 2.62. The summed E-state index contributed by atoms with van der Waals surface area (Å²) in [5.74, 6) is -1.39. The molecule has 9 heavy (non-hydrogen) atoms. The fourth-order valence-electron chi connectivity index (χ4n) is 0.692. The normalized spacial score (nSPS) is 27.9. The first-order chi connectivity index (χ1) is 4.22. The molecule has 0 aromatic carbocycles. The molecule has 4 nitrogen and oxygen atoms in total. The highest BCUT2D eigenvalue weighted by Crippen LogP contribution is 1.97. The minimum atomic E-state index is -1.07. The molecule has 0 aliphatic carbocycles. The van der Waals surface area contributed by atoms with Crippen LogP contribution in [0.2, 0.25) is 0 Å². The molecule has 1 atom stereocenters. The summed E-state index contributed by atoms with van der Waals surface area (Å²) in [6, 6.07) is 0. The van der Waals surface area contributed by atoms with Crippen LogP contribution in [0, 0.1) is 0 Å². The average molecular weight is 129 g/mol. The topological polar surface area (TPSA) is 66.4 Å². The van der Waals surface area contributed by atoms with Crippen molar-refractivity contribution < 1.29 is 14.7 Å². The van der Waals surface area contributed by atoms with Crippen molar-refractivity contribution in [1.82, 2.24) is 5.32 Å². The average Bonchev–Trinajstić information content (AvgIpc) is 1.83. The van der Waals surface area contributed by atoms with Crippen LogP contribution in [0.3, 0.4) is 0 Å². The van der Waals surface area contributed by atoms with E-state index in [2.05, 4.69) is 5.32 Å². The van der Waals surface area contributed by atoms with Gasteiger partial charge in [0.25, 0.3) is 5.91 Å². The first-order valence-electron chi connectivity index (χ1n) is 2.72. The van der Waals surface area contributed by atoms with Crippen LogP contribution < -0.4 is 5.32 Å². The third-order valence-corrected chi connectivity index (χ3v) is 1.23. The Labute approximate surface area is 51.9 Å². The zero-order valence-electron chi connectivity index (χ0n) is 4.76. The van der Waals surface area contributed by atoms with Crippen LogP contribution in [0.5, 0.6) is 0 Å². The number of carbonyl (C=O) groups excluding carboxylic acids is 2. The Hall–Kier alpha value is -0.900. The number of hydrogen-bond acceptors (Lipinski definition) is 3. The van der Waals surface area contributed by atoms with Gasteiger partial charge >= 0.3 is 0 Å². The molecule has 0 bridgehead atoms. The van der Waals surface area contributed by atoms with E-state index in [1.54, 1.807) is 0 Å². The summed E-state index contributed by atoms with van der Waals surface area (Å²) in [5.41, 5.74) is 0. The lowest BCUT2D eigenvalue weighted by Crippen LogP contribution is -2.45. The monoisotopic (exact) mass is 129 g/mol. The van der Waals surface area contributed by atoms with Crippen LogP contribution in [0.15, 0.2) is 0 Å². The van der Waals surface area contributed by atoms with Crippen LogP contribution in [-0.2, 0) is 9.59 Å². The van der Waals surface area contributed by atoms with E-state index in [9.17, 15) is 9.59 Å². The summed E-state index contributed by atoms with van der Waals surface area (Å²) >= 11 is 0. The highest BCUT2D eigenvalue weighted by Gasteiger charge is 2.26. The summed E-state index contributed by atoms with van der Waals surface area (Å²) in [7, 11) is 0. The lowest BCUT2D eigenvalue weighted by atomic mass is 10.1. The molecule has 50 valence electrons. The number of carbonyl (C=O) groups is 2. The molecule has 0 radical (unpaired) electrons. The quantitative estimate of drug-likeness (QED) is 0.388.